The van der Waals surface area contributed by atoms with Crippen LogP contribution < -0.4 is 20.3 Å². The van der Waals surface area contributed by atoms with Gasteiger partial charge in [-0.15, -0.1) is 0 Å². The van der Waals surface area contributed by atoms with E-state index in [4.69, 9.17) is 4.74 Å². The normalized spacial score (nSPS) is 16.1. The maximum atomic E-state index is 6.11. The molecular weight excluding hydrogens is 440 g/mol. The molecule has 9 heteroatoms. The molecule has 2 aromatic carbocycles. The van der Waals surface area contributed by atoms with Crippen LogP contribution in [0.1, 0.15) is 12.5 Å². The van der Waals surface area contributed by atoms with Gasteiger partial charge in [0.25, 0.3) is 0 Å². The van der Waals surface area contributed by atoms with Gasteiger partial charge in [0.1, 0.15) is 30.0 Å². The van der Waals surface area contributed by atoms with E-state index in [0.717, 1.165) is 59.0 Å². The van der Waals surface area contributed by atoms with Gasteiger partial charge in [0.15, 0.2) is 5.65 Å². The third kappa shape index (κ3) is 4.22. The third-order valence-electron chi connectivity index (χ3n) is 6.37. The van der Waals surface area contributed by atoms with E-state index in [2.05, 4.69) is 66.8 Å². The van der Waals surface area contributed by atoms with Gasteiger partial charge in [0.2, 0.25) is 0 Å². The first-order valence-corrected chi connectivity index (χ1v) is 11.7. The van der Waals surface area contributed by atoms with Gasteiger partial charge in [0, 0.05) is 54.7 Å². The third-order valence-corrected chi connectivity index (χ3v) is 6.37. The maximum absolute atomic E-state index is 6.11. The van der Waals surface area contributed by atoms with Crippen LogP contribution in [0.5, 0.6) is 11.5 Å². The fraction of sp³-hybridized carbons (Fsp3) is 0.231. The molecule has 5 aromatic rings. The Morgan fingerprint density at radius 1 is 1.03 bits per heavy atom. The van der Waals surface area contributed by atoms with Crippen molar-refractivity contribution in [1.29, 1.82) is 0 Å². The lowest BCUT2D eigenvalue weighted by atomic mass is 10.1. The molecule has 0 bridgehead atoms. The van der Waals surface area contributed by atoms with Gasteiger partial charge < -0.3 is 20.3 Å². The lowest BCUT2D eigenvalue weighted by Crippen LogP contribution is -2.49. The second-order valence-electron chi connectivity index (χ2n) is 8.80. The molecule has 1 aliphatic heterocycles. The number of hydrogen-bond donors (Lipinski definition) is 2. The summed E-state index contributed by atoms with van der Waals surface area (Å²) in [6, 6.07) is 16.6. The number of ether oxygens (including phenoxy) is 1. The summed E-state index contributed by atoms with van der Waals surface area (Å²) in [5.74, 6) is 2.28. The summed E-state index contributed by atoms with van der Waals surface area (Å²) in [4.78, 5) is 15.7. The number of aryl methyl sites for hydroxylation is 1. The Bertz CT molecular complexity index is 1510. The molecule has 1 fully saturated rings. The van der Waals surface area contributed by atoms with Crippen molar-refractivity contribution in [2.45, 2.75) is 19.9 Å². The van der Waals surface area contributed by atoms with Gasteiger partial charge in [-0.3, -0.25) is 0 Å². The van der Waals surface area contributed by atoms with Crippen LogP contribution in [0.4, 0.5) is 17.2 Å². The molecule has 4 heterocycles. The first kappa shape index (κ1) is 21.3. The van der Waals surface area contributed by atoms with Crippen LogP contribution in [0.25, 0.3) is 16.6 Å². The molecule has 0 aliphatic carbocycles. The summed E-state index contributed by atoms with van der Waals surface area (Å²) in [5, 5.41) is 12.0. The van der Waals surface area contributed by atoms with Crippen LogP contribution in [0.15, 0.2) is 67.4 Å². The summed E-state index contributed by atoms with van der Waals surface area (Å²) < 4.78 is 7.81. The minimum absolute atomic E-state index is 0.433. The second kappa shape index (κ2) is 8.84. The molecule has 176 valence electrons. The van der Waals surface area contributed by atoms with Crippen LogP contribution in [0.3, 0.4) is 0 Å². The highest BCUT2D eigenvalue weighted by Crippen LogP contribution is 2.31. The van der Waals surface area contributed by atoms with Gasteiger partial charge in [-0.2, -0.15) is 5.10 Å². The predicted octanol–water partition coefficient (Wildman–Crippen LogP) is 4.31. The Balaban J connectivity index is 1.26. The summed E-state index contributed by atoms with van der Waals surface area (Å²) in [5.41, 5.74) is 4.78. The molecule has 0 spiro atoms. The number of hydrogen-bond acceptors (Lipinski definition) is 8. The van der Waals surface area contributed by atoms with Gasteiger partial charge >= 0.3 is 0 Å². The van der Waals surface area contributed by atoms with Crippen molar-refractivity contribution < 1.29 is 4.74 Å². The molecule has 35 heavy (non-hydrogen) atoms. The van der Waals surface area contributed by atoms with Crippen molar-refractivity contribution >= 4 is 33.7 Å². The number of pyridine rings is 1. The lowest BCUT2D eigenvalue weighted by Gasteiger charge is -2.36. The summed E-state index contributed by atoms with van der Waals surface area (Å²) in [6.07, 6.45) is 4.95. The Hall–Kier alpha value is -4.24. The zero-order valence-electron chi connectivity index (χ0n) is 19.6. The van der Waals surface area contributed by atoms with E-state index in [1.165, 1.54) is 12.0 Å². The van der Waals surface area contributed by atoms with Crippen molar-refractivity contribution in [3.8, 4) is 11.5 Å². The minimum Gasteiger partial charge on any atom is -0.457 e. The van der Waals surface area contributed by atoms with E-state index in [1.807, 2.05) is 37.4 Å². The van der Waals surface area contributed by atoms with Crippen LogP contribution in [0.2, 0.25) is 0 Å². The first-order valence-electron chi connectivity index (χ1n) is 11.7. The van der Waals surface area contributed by atoms with Crippen LogP contribution in [-0.4, -0.2) is 50.2 Å². The standard InChI is InChI=1S/C26H26N8O/c1-17-11-19(3-6-24(17)35-21-7-9-34-25(13-21)29-16-31-34)32-26-22-12-20(4-5-23(22)28-15-30-26)33-10-8-27-14-18(33)2/h3-7,9,11-13,15-16,18,27H,8,10,14H2,1-2H3,(H,28,30,32). The van der Waals surface area contributed by atoms with Crippen molar-refractivity contribution in [3.63, 3.8) is 0 Å². The fourth-order valence-corrected chi connectivity index (χ4v) is 4.51. The quantitative estimate of drug-likeness (QED) is 0.396. The van der Waals surface area contributed by atoms with E-state index >= 15 is 0 Å². The average Bonchev–Trinajstić information content (AvgIpc) is 3.34. The van der Waals surface area contributed by atoms with Gasteiger partial charge in [0.05, 0.1) is 5.52 Å². The second-order valence-corrected chi connectivity index (χ2v) is 8.80. The van der Waals surface area contributed by atoms with Crippen LogP contribution in [-0.2, 0) is 0 Å². The van der Waals surface area contributed by atoms with Gasteiger partial charge in [-0.05, 0) is 61.9 Å². The zero-order chi connectivity index (χ0) is 23.8. The Labute approximate surface area is 202 Å². The molecule has 0 radical (unpaired) electrons. The molecule has 1 unspecified atom stereocenters. The van der Waals surface area contributed by atoms with E-state index in [-0.39, 0.29) is 0 Å². The number of nitrogens with one attached hydrogen (secondary N) is 2. The molecule has 1 saturated heterocycles. The summed E-state index contributed by atoms with van der Waals surface area (Å²) in [7, 11) is 0. The number of piperazine rings is 1. The molecule has 0 saturated carbocycles. The number of aromatic nitrogens is 5. The molecule has 3 aromatic heterocycles. The Morgan fingerprint density at radius 3 is 2.86 bits per heavy atom. The van der Waals surface area contributed by atoms with Crippen molar-refractivity contribution in [3.05, 3.63) is 72.9 Å². The number of rotatable bonds is 5. The number of anilines is 3. The van der Waals surface area contributed by atoms with E-state index < -0.39 is 0 Å². The van der Waals surface area contributed by atoms with Crippen molar-refractivity contribution in [2.75, 3.05) is 29.9 Å². The number of nitrogens with zero attached hydrogens (tertiary/aromatic N) is 6. The lowest BCUT2D eigenvalue weighted by molar-refractivity contribution is 0.478. The summed E-state index contributed by atoms with van der Waals surface area (Å²) in [6.45, 7) is 7.22. The largest absolute Gasteiger partial charge is 0.457 e. The molecule has 0 amide bonds. The Morgan fingerprint density at radius 2 is 1.97 bits per heavy atom. The van der Waals surface area contributed by atoms with Gasteiger partial charge in [-0.25, -0.2) is 19.5 Å². The van der Waals surface area contributed by atoms with Crippen molar-refractivity contribution in [1.82, 2.24) is 29.9 Å². The minimum atomic E-state index is 0.433. The average molecular weight is 467 g/mol. The fourth-order valence-electron chi connectivity index (χ4n) is 4.51. The van der Waals surface area contributed by atoms with E-state index in [0.29, 0.717) is 11.8 Å². The maximum Gasteiger partial charge on any atom is 0.158 e. The molecule has 9 nitrogen and oxygen atoms in total. The molecule has 1 atom stereocenters. The van der Waals surface area contributed by atoms with E-state index in [9.17, 15) is 0 Å². The van der Waals surface area contributed by atoms with Crippen molar-refractivity contribution in [2.24, 2.45) is 0 Å². The van der Waals surface area contributed by atoms with Crippen LogP contribution in [0, 0.1) is 6.92 Å². The number of fused-ring (bicyclic) bond motifs is 2. The molecule has 2 N–H and O–H groups in total. The molecule has 1 aliphatic rings. The highest BCUT2D eigenvalue weighted by molar-refractivity contribution is 5.93. The smallest absolute Gasteiger partial charge is 0.158 e. The van der Waals surface area contributed by atoms with Crippen LogP contribution >= 0.6 is 0 Å². The zero-order valence-corrected chi connectivity index (χ0v) is 19.6. The summed E-state index contributed by atoms with van der Waals surface area (Å²) >= 11 is 0. The Kier molecular flexibility index (Phi) is 5.38. The first-order chi connectivity index (χ1) is 17.1. The molecular formula is C26H26N8O. The van der Waals surface area contributed by atoms with Gasteiger partial charge in [-0.1, -0.05) is 0 Å². The monoisotopic (exact) mass is 466 g/mol. The highest BCUT2D eigenvalue weighted by atomic mass is 16.5. The van der Waals surface area contributed by atoms with E-state index in [1.54, 1.807) is 10.8 Å². The molecule has 6 rings (SSSR count). The predicted molar refractivity (Wildman–Crippen MR) is 137 cm³/mol. The highest BCUT2D eigenvalue weighted by Gasteiger charge is 2.19. The number of benzene rings is 2. The SMILES string of the molecule is Cc1cc(Nc2ncnc3ccc(N4CCNCC4C)cc23)ccc1Oc1ccn2ncnc2c1. The topological polar surface area (TPSA) is 92.5 Å².